The number of amides is 2. The van der Waals surface area contributed by atoms with Gasteiger partial charge in [-0.05, 0) is 37.0 Å². The molecule has 1 aliphatic rings. The van der Waals surface area contributed by atoms with Crippen molar-refractivity contribution in [2.24, 2.45) is 11.7 Å². The molecule has 132 valence electrons. The summed E-state index contributed by atoms with van der Waals surface area (Å²) in [5.74, 6) is -0.130. The van der Waals surface area contributed by atoms with Crippen LogP contribution in [0.15, 0.2) is 24.3 Å². The Morgan fingerprint density at radius 1 is 1.38 bits per heavy atom. The molecule has 1 heterocycles. The van der Waals surface area contributed by atoms with Crippen molar-refractivity contribution in [2.75, 3.05) is 11.9 Å². The number of nitrogens with two attached hydrogens (primary N) is 1. The molecule has 6 heteroatoms. The highest BCUT2D eigenvalue weighted by Crippen LogP contribution is 2.19. The third-order valence-corrected chi connectivity index (χ3v) is 4.38. The zero-order valence-corrected chi connectivity index (χ0v) is 14.4. The Kier molecular flexibility index (Phi) is 6.75. The molecule has 0 bridgehead atoms. The number of benzene rings is 1. The summed E-state index contributed by atoms with van der Waals surface area (Å²) in [7, 11) is 0. The summed E-state index contributed by atoms with van der Waals surface area (Å²) in [6.45, 7) is 4.73. The van der Waals surface area contributed by atoms with E-state index in [9.17, 15) is 9.59 Å². The number of rotatable bonds is 7. The van der Waals surface area contributed by atoms with Crippen molar-refractivity contribution in [3.05, 3.63) is 29.8 Å². The second kappa shape index (κ2) is 8.80. The maximum Gasteiger partial charge on any atom is 0.249 e. The summed E-state index contributed by atoms with van der Waals surface area (Å²) in [4.78, 5) is 24.1. The highest BCUT2D eigenvalue weighted by atomic mass is 16.5. The van der Waals surface area contributed by atoms with Crippen LogP contribution in [-0.4, -0.2) is 30.6 Å². The molecule has 0 radical (unpaired) electrons. The summed E-state index contributed by atoms with van der Waals surface area (Å²) in [6, 6.07) is 7.50. The average Bonchev–Trinajstić information content (AvgIpc) is 3.08. The van der Waals surface area contributed by atoms with E-state index in [0.29, 0.717) is 19.5 Å². The maximum atomic E-state index is 12.1. The van der Waals surface area contributed by atoms with E-state index in [0.717, 1.165) is 24.1 Å². The fourth-order valence-corrected chi connectivity index (χ4v) is 2.58. The topological polar surface area (TPSA) is 93.5 Å². The van der Waals surface area contributed by atoms with E-state index in [1.54, 1.807) is 0 Å². The third kappa shape index (κ3) is 5.04. The lowest BCUT2D eigenvalue weighted by atomic mass is 10.1. The zero-order valence-electron chi connectivity index (χ0n) is 14.4. The molecule has 0 aliphatic carbocycles. The van der Waals surface area contributed by atoms with Crippen LogP contribution in [0.25, 0.3) is 0 Å². The first-order chi connectivity index (χ1) is 11.5. The maximum absolute atomic E-state index is 12.1. The zero-order chi connectivity index (χ0) is 17.5. The van der Waals surface area contributed by atoms with Crippen molar-refractivity contribution in [3.8, 4) is 0 Å². The molecule has 2 amide bonds. The highest BCUT2D eigenvalue weighted by Gasteiger charge is 2.29. The SMILES string of the molecule is CCC(C)C(=O)Nc1cccc(CNC(=O)[C@@H]2CC[C@H](CN)O2)c1. The fraction of sp³-hybridized carbons (Fsp3) is 0.556. The minimum absolute atomic E-state index is 0.00543. The Labute approximate surface area is 143 Å². The van der Waals surface area contributed by atoms with Gasteiger partial charge in [-0.1, -0.05) is 26.0 Å². The third-order valence-electron chi connectivity index (χ3n) is 4.38. The lowest BCUT2D eigenvalue weighted by Crippen LogP contribution is -2.35. The summed E-state index contributed by atoms with van der Waals surface area (Å²) in [5, 5.41) is 5.78. The van der Waals surface area contributed by atoms with Crippen molar-refractivity contribution in [1.29, 1.82) is 0 Å². The monoisotopic (exact) mass is 333 g/mol. The Hall–Kier alpha value is -1.92. The number of ether oxygens (including phenoxy) is 1. The molecule has 1 fully saturated rings. The van der Waals surface area contributed by atoms with Crippen molar-refractivity contribution in [2.45, 2.75) is 51.9 Å². The minimum atomic E-state index is -0.410. The summed E-state index contributed by atoms with van der Waals surface area (Å²) >= 11 is 0. The Bertz CT molecular complexity index is 576. The molecule has 0 aromatic heterocycles. The predicted molar refractivity (Wildman–Crippen MR) is 93.3 cm³/mol. The number of carbonyl (C=O) groups excluding carboxylic acids is 2. The van der Waals surface area contributed by atoms with Gasteiger partial charge in [-0.15, -0.1) is 0 Å². The molecule has 1 aromatic carbocycles. The van der Waals surface area contributed by atoms with Gasteiger partial charge in [-0.3, -0.25) is 9.59 Å². The van der Waals surface area contributed by atoms with Crippen LogP contribution in [0, 0.1) is 5.92 Å². The van der Waals surface area contributed by atoms with E-state index < -0.39 is 6.10 Å². The van der Waals surface area contributed by atoms with Crippen LogP contribution in [0.4, 0.5) is 5.69 Å². The number of anilines is 1. The van der Waals surface area contributed by atoms with Gasteiger partial charge in [0.25, 0.3) is 0 Å². The fourth-order valence-electron chi connectivity index (χ4n) is 2.58. The molecule has 3 atom stereocenters. The van der Waals surface area contributed by atoms with Crippen LogP contribution in [0.3, 0.4) is 0 Å². The highest BCUT2D eigenvalue weighted by molar-refractivity contribution is 5.92. The first kappa shape index (κ1) is 18.4. The molecule has 1 aliphatic heterocycles. The first-order valence-electron chi connectivity index (χ1n) is 8.56. The van der Waals surface area contributed by atoms with E-state index in [1.165, 1.54) is 0 Å². The van der Waals surface area contributed by atoms with Crippen LogP contribution >= 0.6 is 0 Å². The quantitative estimate of drug-likeness (QED) is 0.709. The Morgan fingerprint density at radius 3 is 2.83 bits per heavy atom. The van der Waals surface area contributed by atoms with Crippen molar-refractivity contribution in [3.63, 3.8) is 0 Å². The summed E-state index contributed by atoms with van der Waals surface area (Å²) in [5.41, 5.74) is 7.23. The van der Waals surface area contributed by atoms with Gasteiger partial charge in [0.2, 0.25) is 11.8 Å². The molecule has 0 saturated carbocycles. The lowest BCUT2D eigenvalue weighted by Gasteiger charge is -2.14. The second-order valence-corrected chi connectivity index (χ2v) is 6.28. The number of carbonyl (C=O) groups is 2. The van der Waals surface area contributed by atoms with Gasteiger partial charge in [0.15, 0.2) is 0 Å². The van der Waals surface area contributed by atoms with E-state index >= 15 is 0 Å². The predicted octanol–water partition coefficient (Wildman–Crippen LogP) is 1.79. The van der Waals surface area contributed by atoms with Gasteiger partial charge in [0.1, 0.15) is 6.10 Å². The number of nitrogens with one attached hydrogen (secondary N) is 2. The number of hydrogen-bond acceptors (Lipinski definition) is 4. The van der Waals surface area contributed by atoms with Crippen molar-refractivity contribution in [1.82, 2.24) is 5.32 Å². The average molecular weight is 333 g/mol. The normalized spacial score (nSPS) is 21.3. The van der Waals surface area contributed by atoms with E-state index in [1.807, 2.05) is 38.1 Å². The smallest absolute Gasteiger partial charge is 0.249 e. The van der Waals surface area contributed by atoms with Crippen LogP contribution in [-0.2, 0) is 20.9 Å². The Balaban J connectivity index is 1.86. The molecule has 6 nitrogen and oxygen atoms in total. The summed E-state index contributed by atoms with van der Waals surface area (Å²) < 4.78 is 5.58. The van der Waals surface area contributed by atoms with Crippen molar-refractivity contribution >= 4 is 17.5 Å². The molecule has 2 rings (SSSR count). The molecule has 1 saturated heterocycles. The lowest BCUT2D eigenvalue weighted by molar-refractivity contribution is -0.132. The Morgan fingerprint density at radius 2 is 2.17 bits per heavy atom. The van der Waals surface area contributed by atoms with E-state index in [2.05, 4.69) is 10.6 Å². The molecule has 24 heavy (non-hydrogen) atoms. The van der Waals surface area contributed by atoms with Crippen molar-refractivity contribution < 1.29 is 14.3 Å². The second-order valence-electron chi connectivity index (χ2n) is 6.28. The summed E-state index contributed by atoms with van der Waals surface area (Å²) in [6.07, 6.45) is 1.91. The molecular weight excluding hydrogens is 306 g/mol. The molecule has 1 aromatic rings. The largest absolute Gasteiger partial charge is 0.364 e. The van der Waals surface area contributed by atoms with Gasteiger partial charge in [-0.2, -0.15) is 0 Å². The van der Waals surface area contributed by atoms with Gasteiger partial charge < -0.3 is 21.1 Å². The van der Waals surface area contributed by atoms with Crippen LogP contribution in [0.1, 0.15) is 38.7 Å². The molecule has 4 N–H and O–H groups in total. The molecular formula is C18H27N3O3. The van der Waals surface area contributed by atoms with E-state index in [4.69, 9.17) is 10.5 Å². The van der Waals surface area contributed by atoms with Crippen LogP contribution in [0.2, 0.25) is 0 Å². The number of hydrogen-bond donors (Lipinski definition) is 3. The first-order valence-corrected chi connectivity index (χ1v) is 8.56. The minimum Gasteiger partial charge on any atom is -0.364 e. The van der Waals surface area contributed by atoms with Gasteiger partial charge >= 0.3 is 0 Å². The van der Waals surface area contributed by atoms with Crippen LogP contribution in [0.5, 0.6) is 0 Å². The van der Waals surface area contributed by atoms with Gasteiger partial charge in [0, 0.05) is 24.7 Å². The van der Waals surface area contributed by atoms with E-state index in [-0.39, 0.29) is 23.8 Å². The molecule has 0 spiro atoms. The standard InChI is InChI=1S/C18H27N3O3/c1-3-12(2)17(22)21-14-6-4-5-13(9-14)11-20-18(23)16-8-7-15(10-19)24-16/h4-6,9,12,15-16H,3,7-8,10-11,19H2,1-2H3,(H,20,23)(H,21,22)/t12?,15-,16+/m1/s1. The van der Waals surface area contributed by atoms with Gasteiger partial charge in [0.05, 0.1) is 6.10 Å². The van der Waals surface area contributed by atoms with Crippen LogP contribution < -0.4 is 16.4 Å². The molecule has 1 unspecified atom stereocenters. The van der Waals surface area contributed by atoms with Gasteiger partial charge in [-0.25, -0.2) is 0 Å².